The Bertz CT molecular complexity index is 1210. The maximum absolute atomic E-state index is 12.9. The van der Waals surface area contributed by atoms with E-state index in [1.165, 1.54) is 23.5 Å². The summed E-state index contributed by atoms with van der Waals surface area (Å²) in [5, 5.41) is 2.88. The summed E-state index contributed by atoms with van der Waals surface area (Å²) in [7, 11) is -3.25. The van der Waals surface area contributed by atoms with E-state index in [1.807, 2.05) is 5.38 Å². The van der Waals surface area contributed by atoms with Crippen molar-refractivity contribution in [2.24, 2.45) is 0 Å². The fourth-order valence-electron chi connectivity index (χ4n) is 3.50. The summed E-state index contributed by atoms with van der Waals surface area (Å²) < 4.78 is 67.5. The molecule has 1 aliphatic rings. The topological polar surface area (TPSA) is 85.3 Å². The number of hydrogen-bond donors (Lipinski definition) is 0. The summed E-state index contributed by atoms with van der Waals surface area (Å²) >= 11 is 1.53. The molecule has 0 radical (unpaired) electrons. The number of thiazole rings is 1. The van der Waals surface area contributed by atoms with Crippen LogP contribution in [0.4, 0.5) is 19.1 Å². The monoisotopic (exact) mass is 498 g/mol. The van der Waals surface area contributed by atoms with Crippen LogP contribution in [0.1, 0.15) is 35.2 Å². The van der Waals surface area contributed by atoms with Gasteiger partial charge >= 0.3 is 6.18 Å². The molecule has 1 fully saturated rings. The van der Waals surface area contributed by atoms with Gasteiger partial charge in [0, 0.05) is 36.8 Å². The first-order chi connectivity index (χ1) is 15.6. The van der Waals surface area contributed by atoms with Gasteiger partial charge in [0.15, 0.2) is 9.84 Å². The summed E-state index contributed by atoms with van der Waals surface area (Å²) in [5.41, 5.74) is -0.170. The maximum Gasteiger partial charge on any atom is 0.433 e. The summed E-state index contributed by atoms with van der Waals surface area (Å²) in [6.07, 6.45) is -0.734. The van der Waals surface area contributed by atoms with Gasteiger partial charge in [-0.05, 0) is 43.2 Å². The zero-order chi connectivity index (χ0) is 23.6. The molecule has 0 atom stereocenters. The molecule has 176 valence electrons. The number of ether oxygens (including phenoxy) is 1. The molecule has 0 N–H and O–H groups in total. The Kier molecular flexibility index (Phi) is 6.57. The lowest BCUT2D eigenvalue weighted by Gasteiger charge is -2.31. The van der Waals surface area contributed by atoms with Gasteiger partial charge in [-0.3, -0.25) is 0 Å². The van der Waals surface area contributed by atoms with Crippen LogP contribution < -0.4 is 9.64 Å². The third-order valence-corrected chi connectivity index (χ3v) is 7.45. The van der Waals surface area contributed by atoms with Crippen molar-refractivity contribution in [2.45, 2.75) is 36.4 Å². The van der Waals surface area contributed by atoms with Crippen LogP contribution in [-0.2, 0) is 22.6 Å². The van der Waals surface area contributed by atoms with E-state index in [2.05, 4.69) is 15.0 Å². The molecule has 12 heteroatoms. The highest BCUT2D eigenvalue weighted by Crippen LogP contribution is 2.33. The Balaban J connectivity index is 1.32. The number of aromatic nitrogens is 3. The molecule has 4 rings (SSSR count). The predicted molar refractivity (Wildman–Crippen MR) is 117 cm³/mol. The lowest BCUT2D eigenvalue weighted by atomic mass is 9.98. The van der Waals surface area contributed by atoms with E-state index in [9.17, 15) is 21.6 Å². The van der Waals surface area contributed by atoms with Crippen LogP contribution in [-0.4, -0.2) is 42.7 Å². The number of benzene rings is 1. The standard InChI is InChI=1S/C21H21F3N4O3S2/c1-33(29,30)17-4-2-16(3-5-17)31-12-15-13-32-19(26-15)14-7-10-28(11-8-14)20-25-9-6-18(27-20)21(22,23)24/h2-6,9,13-14H,7-8,10-12H2,1H3. The van der Waals surface area contributed by atoms with E-state index < -0.39 is 21.7 Å². The molecule has 1 aliphatic heterocycles. The van der Waals surface area contributed by atoms with Gasteiger partial charge in [0.05, 0.1) is 15.6 Å². The van der Waals surface area contributed by atoms with Crippen molar-refractivity contribution in [1.82, 2.24) is 15.0 Å². The molecule has 2 aromatic heterocycles. The van der Waals surface area contributed by atoms with E-state index in [1.54, 1.807) is 17.0 Å². The number of nitrogens with zero attached hydrogens (tertiary/aromatic N) is 4. The Labute approximate surface area is 193 Å². The summed E-state index contributed by atoms with van der Waals surface area (Å²) in [6, 6.07) is 7.08. The molecule has 0 spiro atoms. The molecule has 0 saturated carbocycles. The van der Waals surface area contributed by atoms with Gasteiger partial charge in [-0.2, -0.15) is 13.2 Å². The molecule has 0 bridgehead atoms. The molecule has 1 saturated heterocycles. The third kappa shape index (κ3) is 5.80. The van der Waals surface area contributed by atoms with Crippen LogP contribution in [0, 0.1) is 0 Å². The van der Waals surface area contributed by atoms with Crippen molar-refractivity contribution >= 4 is 27.1 Å². The van der Waals surface area contributed by atoms with Crippen molar-refractivity contribution in [2.75, 3.05) is 24.2 Å². The molecule has 0 unspecified atom stereocenters. The van der Waals surface area contributed by atoms with Crippen molar-refractivity contribution in [3.05, 3.63) is 58.3 Å². The number of halogens is 3. The Hall–Kier alpha value is -2.73. The zero-order valence-corrected chi connectivity index (χ0v) is 19.3. The van der Waals surface area contributed by atoms with E-state index in [0.717, 1.165) is 42.1 Å². The first-order valence-corrected chi connectivity index (χ1v) is 12.9. The minimum absolute atomic E-state index is 0.0957. The van der Waals surface area contributed by atoms with Gasteiger partial charge < -0.3 is 9.64 Å². The van der Waals surface area contributed by atoms with Gasteiger partial charge in [0.25, 0.3) is 0 Å². The lowest BCUT2D eigenvalue weighted by molar-refractivity contribution is -0.141. The molecule has 0 aliphatic carbocycles. The highest BCUT2D eigenvalue weighted by Gasteiger charge is 2.33. The molecular weight excluding hydrogens is 477 g/mol. The fourth-order valence-corrected chi connectivity index (χ4v) is 5.11. The Morgan fingerprint density at radius 2 is 1.82 bits per heavy atom. The highest BCUT2D eigenvalue weighted by molar-refractivity contribution is 7.90. The number of hydrogen-bond acceptors (Lipinski definition) is 8. The Morgan fingerprint density at radius 3 is 2.45 bits per heavy atom. The number of anilines is 1. The van der Waals surface area contributed by atoms with Crippen LogP contribution in [0.5, 0.6) is 5.75 Å². The number of rotatable bonds is 6. The van der Waals surface area contributed by atoms with Gasteiger partial charge in [-0.1, -0.05) is 0 Å². The summed E-state index contributed by atoms with van der Waals surface area (Å²) in [6.45, 7) is 1.35. The molecule has 3 aromatic rings. The lowest BCUT2D eigenvalue weighted by Crippen LogP contribution is -2.34. The number of piperidine rings is 1. The van der Waals surface area contributed by atoms with Gasteiger partial charge in [0.2, 0.25) is 5.95 Å². The second-order valence-electron chi connectivity index (χ2n) is 7.71. The molecule has 33 heavy (non-hydrogen) atoms. The molecular formula is C21H21F3N4O3S2. The smallest absolute Gasteiger partial charge is 0.433 e. The van der Waals surface area contributed by atoms with E-state index in [-0.39, 0.29) is 23.4 Å². The quantitative estimate of drug-likeness (QED) is 0.500. The maximum atomic E-state index is 12.9. The molecule has 7 nitrogen and oxygen atoms in total. The average molecular weight is 499 g/mol. The van der Waals surface area contributed by atoms with Crippen LogP contribution in [0.2, 0.25) is 0 Å². The minimum atomic E-state index is -4.49. The normalized spacial score (nSPS) is 15.6. The van der Waals surface area contributed by atoms with E-state index in [4.69, 9.17) is 4.74 Å². The SMILES string of the molecule is CS(=O)(=O)c1ccc(OCc2csc(C3CCN(c4nccc(C(F)(F)F)n4)CC3)n2)cc1. The summed E-state index contributed by atoms with van der Waals surface area (Å²) in [5.74, 6) is 0.851. The largest absolute Gasteiger partial charge is 0.487 e. The highest BCUT2D eigenvalue weighted by atomic mass is 32.2. The fraction of sp³-hybridized carbons (Fsp3) is 0.381. The average Bonchev–Trinajstić information content (AvgIpc) is 3.26. The van der Waals surface area contributed by atoms with Crippen molar-refractivity contribution < 1.29 is 26.3 Å². The second-order valence-corrected chi connectivity index (χ2v) is 10.6. The van der Waals surface area contributed by atoms with Crippen molar-refractivity contribution in [3.8, 4) is 5.75 Å². The zero-order valence-electron chi connectivity index (χ0n) is 17.6. The number of sulfone groups is 1. The van der Waals surface area contributed by atoms with Crippen molar-refractivity contribution in [1.29, 1.82) is 0 Å². The van der Waals surface area contributed by atoms with Gasteiger partial charge in [-0.25, -0.2) is 23.4 Å². The molecule has 1 aromatic carbocycles. The van der Waals surface area contributed by atoms with E-state index in [0.29, 0.717) is 18.8 Å². The van der Waals surface area contributed by atoms with Crippen LogP contribution >= 0.6 is 11.3 Å². The minimum Gasteiger partial charge on any atom is -0.487 e. The van der Waals surface area contributed by atoms with Crippen LogP contribution in [0.3, 0.4) is 0 Å². The first-order valence-electron chi connectivity index (χ1n) is 10.1. The van der Waals surface area contributed by atoms with E-state index >= 15 is 0 Å². The first kappa shape index (κ1) is 23.4. The Morgan fingerprint density at radius 1 is 1.12 bits per heavy atom. The van der Waals surface area contributed by atoms with Crippen molar-refractivity contribution in [3.63, 3.8) is 0 Å². The third-order valence-electron chi connectivity index (χ3n) is 5.27. The van der Waals surface area contributed by atoms with Crippen LogP contribution in [0.25, 0.3) is 0 Å². The number of alkyl halides is 3. The summed E-state index contributed by atoms with van der Waals surface area (Å²) in [4.78, 5) is 14.3. The van der Waals surface area contributed by atoms with Gasteiger partial charge in [0.1, 0.15) is 18.1 Å². The molecule has 0 amide bonds. The van der Waals surface area contributed by atoms with Gasteiger partial charge in [-0.15, -0.1) is 11.3 Å². The second kappa shape index (κ2) is 9.26. The van der Waals surface area contributed by atoms with Crippen LogP contribution in [0.15, 0.2) is 46.8 Å². The predicted octanol–water partition coefficient (Wildman–Crippen LogP) is 4.32. The molecule has 3 heterocycles.